The average Bonchev–Trinajstić information content (AvgIpc) is 3.86. The highest BCUT2D eigenvalue weighted by Gasteiger charge is 2.20. The zero-order chi connectivity index (χ0) is 32.3. The lowest BCUT2D eigenvalue weighted by Crippen LogP contribution is -2.01. The Morgan fingerprint density at radius 3 is 1.41 bits per heavy atom. The van der Waals surface area contributed by atoms with Crippen LogP contribution in [0.2, 0.25) is 0 Å². The van der Waals surface area contributed by atoms with E-state index < -0.39 is 0 Å². The molecule has 0 saturated carbocycles. The van der Waals surface area contributed by atoms with Gasteiger partial charge in [0, 0.05) is 44.0 Å². The van der Waals surface area contributed by atoms with Crippen LogP contribution >= 0.6 is 0 Å². The Morgan fingerprint density at radius 2 is 0.816 bits per heavy atom. The molecular weight excluding hydrogens is 599 g/mol. The molecule has 0 fully saturated rings. The van der Waals surface area contributed by atoms with Gasteiger partial charge in [-0.05, 0) is 60.7 Å². The van der Waals surface area contributed by atoms with Gasteiger partial charge >= 0.3 is 0 Å². The van der Waals surface area contributed by atoms with E-state index in [-0.39, 0.29) is 0 Å². The third-order valence-corrected chi connectivity index (χ3v) is 9.60. The first-order valence-electron chi connectivity index (χ1n) is 16.5. The molecule has 0 saturated heterocycles. The minimum Gasteiger partial charge on any atom is -0.309 e. The first-order chi connectivity index (χ1) is 24.3. The Hall–Kier alpha value is -6.72. The maximum Gasteiger partial charge on any atom is 0.121 e. The second kappa shape index (κ2) is 10.9. The van der Waals surface area contributed by atoms with Gasteiger partial charge in [-0.25, -0.2) is 4.68 Å². The summed E-state index contributed by atoms with van der Waals surface area (Å²) in [6, 6.07) is 62.1. The molecule has 0 spiro atoms. The van der Waals surface area contributed by atoms with Crippen molar-refractivity contribution in [1.82, 2.24) is 24.1 Å². The predicted molar refractivity (Wildman–Crippen MR) is 201 cm³/mol. The van der Waals surface area contributed by atoms with Crippen LogP contribution in [0.15, 0.2) is 176 Å². The molecule has 230 valence electrons. The van der Waals surface area contributed by atoms with Crippen LogP contribution in [0.1, 0.15) is 0 Å². The van der Waals surface area contributed by atoms with Crippen LogP contribution in [-0.4, -0.2) is 24.1 Å². The van der Waals surface area contributed by atoms with Gasteiger partial charge in [-0.15, -0.1) is 5.10 Å². The van der Waals surface area contributed by atoms with Crippen LogP contribution < -0.4 is 0 Å². The first kappa shape index (κ1) is 27.4. The number of rotatable bonds is 5. The highest BCUT2D eigenvalue weighted by atomic mass is 15.4. The number of hydrogen-bond donors (Lipinski definition) is 0. The fourth-order valence-corrected chi connectivity index (χ4v) is 7.42. The minimum atomic E-state index is 0.857. The van der Waals surface area contributed by atoms with Gasteiger partial charge in [-0.2, -0.15) is 0 Å². The molecular formula is C44H29N5. The number of para-hydroxylation sites is 3. The largest absolute Gasteiger partial charge is 0.309 e. The summed E-state index contributed by atoms with van der Waals surface area (Å²) < 4.78 is 6.72. The first-order valence-corrected chi connectivity index (χ1v) is 16.5. The summed E-state index contributed by atoms with van der Waals surface area (Å²) in [5, 5.41) is 14.3. The minimum absolute atomic E-state index is 0.857. The van der Waals surface area contributed by atoms with E-state index in [1.54, 1.807) is 0 Å². The van der Waals surface area contributed by atoms with Crippen molar-refractivity contribution in [2.75, 3.05) is 0 Å². The Balaban J connectivity index is 1.18. The molecule has 10 rings (SSSR count). The predicted octanol–water partition coefficient (Wildman–Crippen LogP) is 10.8. The van der Waals surface area contributed by atoms with Crippen molar-refractivity contribution in [1.29, 1.82) is 0 Å². The summed E-state index contributed by atoms with van der Waals surface area (Å²) >= 11 is 0. The topological polar surface area (TPSA) is 40.6 Å². The second-order valence-corrected chi connectivity index (χ2v) is 12.4. The average molecular weight is 628 g/mol. The molecule has 0 N–H and O–H groups in total. The number of aromatic nitrogens is 5. The second-order valence-electron chi connectivity index (χ2n) is 12.4. The van der Waals surface area contributed by atoms with Gasteiger partial charge < -0.3 is 9.13 Å². The van der Waals surface area contributed by atoms with Gasteiger partial charge in [0.2, 0.25) is 0 Å². The molecule has 3 heterocycles. The fraction of sp³-hybridized carbons (Fsp3) is 0. The smallest absolute Gasteiger partial charge is 0.121 e. The molecule has 0 unspecified atom stereocenters. The van der Waals surface area contributed by atoms with Crippen molar-refractivity contribution in [2.45, 2.75) is 0 Å². The summed E-state index contributed by atoms with van der Waals surface area (Å²) in [7, 11) is 0. The normalized spacial score (nSPS) is 11.7. The van der Waals surface area contributed by atoms with E-state index in [9.17, 15) is 0 Å². The third kappa shape index (κ3) is 4.26. The number of hydrogen-bond acceptors (Lipinski definition) is 2. The van der Waals surface area contributed by atoms with Gasteiger partial charge in [0.25, 0.3) is 0 Å². The SMILES string of the molecule is c1ccc(-c2nnn(-c3ccc(-n4c5ccccc5c5cc6c7ccccc7n(-c7ccccc7)c6cc54)cc3)c2-c2ccccc2)cc1. The Morgan fingerprint density at radius 1 is 0.347 bits per heavy atom. The van der Waals surface area contributed by atoms with Crippen molar-refractivity contribution < 1.29 is 0 Å². The summed E-state index contributed by atoms with van der Waals surface area (Å²) in [4.78, 5) is 0. The summed E-state index contributed by atoms with van der Waals surface area (Å²) in [5.74, 6) is 0. The summed E-state index contributed by atoms with van der Waals surface area (Å²) in [6.45, 7) is 0. The van der Waals surface area contributed by atoms with Crippen LogP contribution in [0.5, 0.6) is 0 Å². The number of benzene rings is 7. The molecule has 3 aromatic heterocycles. The van der Waals surface area contributed by atoms with Gasteiger partial charge in [-0.1, -0.05) is 120 Å². The Bertz CT molecular complexity index is 2790. The van der Waals surface area contributed by atoms with Crippen molar-refractivity contribution in [3.05, 3.63) is 176 Å². The zero-order valence-electron chi connectivity index (χ0n) is 26.5. The highest BCUT2D eigenvalue weighted by molar-refractivity contribution is 6.19. The third-order valence-electron chi connectivity index (χ3n) is 9.60. The van der Waals surface area contributed by atoms with E-state index in [0.29, 0.717) is 0 Å². The molecule has 0 aliphatic rings. The molecule has 5 heteroatoms. The van der Waals surface area contributed by atoms with Gasteiger partial charge in [0.05, 0.1) is 27.8 Å². The molecule has 0 aliphatic carbocycles. The summed E-state index contributed by atoms with van der Waals surface area (Å²) in [5.41, 5.74) is 11.8. The Labute approximate surface area is 282 Å². The lowest BCUT2D eigenvalue weighted by atomic mass is 10.0. The van der Waals surface area contributed by atoms with Crippen LogP contribution in [0.4, 0.5) is 0 Å². The molecule has 10 aromatic rings. The van der Waals surface area contributed by atoms with E-state index in [2.05, 4.69) is 171 Å². The summed E-state index contributed by atoms with van der Waals surface area (Å²) in [6.07, 6.45) is 0. The van der Waals surface area contributed by atoms with Gasteiger partial charge in [-0.3, -0.25) is 0 Å². The highest BCUT2D eigenvalue weighted by Crippen LogP contribution is 2.40. The van der Waals surface area contributed by atoms with Crippen molar-refractivity contribution >= 4 is 43.6 Å². The monoisotopic (exact) mass is 627 g/mol. The standard InChI is InChI=1S/C44H29N5/c1-4-14-30(15-5-1)43-44(31-16-6-2-7-17-31)49(46-45-43)34-26-24-33(25-27-34)48-40-23-13-11-21-36(40)38-28-37-35-20-10-12-22-39(35)47(41(37)29-42(38)48)32-18-8-3-9-19-32/h1-29H. The molecule has 0 aliphatic heterocycles. The van der Waals surface area contributed by atoms with E-state index in [0.717, 1.165) is 39.6 Å². The molecule has 0 atom stereocenters. The Kier molecular flexibility index (Phi) is 6.11. The maximum absolute atomic E-state index is 4.68. The maximum atomic E-state index is 4.68. The van der Waals surface area contributed by atoms with E-state index in [1.165, 1.54) is 43.6 Å². The molecule has 49 heavy (non-hydrogen) atoms. The fourth-order valence-electron chi connectivity index (χ4n) is 7.42. The molecule has 0 radical (unpaired) electrons. The lowest BCUT2D eigenvalue weighted by molar-refractivity contribution is 0.808. The number of fused-ring (bicyclic) bond motifs is 6. The van der Waals surface area contributed by atoms with Crippen LogP contribution in [0, 0.1) is 0 Å². The van der Waals surface area contributed by atoms with Crippen molar-refractivity contribution in [2.24, 2.45) is 0 Å². The molecule has 0 amide bonds. The zero-order valence-corrected chi connectivity index (χ0v) is 26.5. The van der Waals surface area contributed by atoms with Crippen molar-refractivity contribution in [3.63, 3.8) is 0 Å². The number of nitrogens with zero attached hydrogens (tertiary/aromatic N) is 5. The van der Waals surface area contributed by atoms with Gasteiger partial charge in [0.15, 0.2) is 0 Å². The molecule has 7 aromatic carbocycles. The van der Waals surface area contributed by atoms with Crippen molar-refractivity contribution in [3.8, 4) is 39.6 Å². The quantitative estimate of drug-likeness (QED) is 0.190. The van der Waals surface area contributed by atoms with Gasteiger partial charge in [0.1, 0.15) is 11.4 Å². The van der Waals surface area contributed by atoms with Crippen LogP contribution in [0.3, 0.4) is 0 Å². The van der Waals surface area contributed by atoms with Crippen LogP contribution in [0.25, 0.3) is 83.2 Å². The van der Waals surface area contributed by atoms with E-state index >= 15 is 0 Å². The molecule has 5 nitrogen and oxygen atoms in total. The van der Waals surface area contributed by atoms with E-state index in [4.69, 9.17) is 0 Å². The lowest BCUT2D eigenvalue weighted by Gasteiger charge is -2.12. The van der Waals surface area contributed by atoms with Crippen LogP contribution in [-0.2, 0) is 0 Å². The van der Waals surface area contributed by atoms with E-state index in [1.807, 2.05) is 28.9 Å². The molecule has 0 bridgehead atoms.